The van der Waals surface area contributed by atoms with Crippen LogP contribution in [0.5, 0.6) is 0 Å². The molecule has 45 heavy (non-hydrogen) atoms. The number of benzene rings is 1. The molecule has 0 amide bonds. The molecule has 0 aliphatic rings. The molecule has 0 radical (unpaired) electrons. The minimum atomic E-state index is -5.05. The van der Waals surface area contributed by atoms with Gasteiger partial charge < -0.3 is 20.4 Å². The van der Waals surface area contributed by atoms with E-state index in [9.17, 15) is 49.1 Å². The number of alkyl halides is 8. The van der Waals surface area contributed by atoms with Crippen LogP contribution in [-0.4, -0.2) is 44.0 Å². The Labute approximate surface area is 246 Å². The molecule has 0 bridgehead atoms. The number of nitrogens with one attached hydrogen (secondary N) is 2. The number of ether oxygens (including phenoxy) is 1. The van der Waals surface area contributed by atoms with E-state index in [0.717, 1.165) is 18.3 Å². The molecule has 3 aromatic heterocycles. The molecule has 19 heteroatoms. The minimum absolute atomic E-state index is 0.0150. The van der Waals surface area contributed by atoms with Gasteiger partial charge in [0.25, 0.3) is 11.1 Å². The second-order valence-electron chi connectivity index (χ2n) is 9.61. The third-order valence-corrected chi connectivity index (χ3v) is 6.59. The Hall–Kier alpha value is -4.68. The van der Waals surface area contributed by atoms with Crippen molar-refractivity contribution in [2.24, 2.45) is 0 Å². The summed E-state index contributed by atoms with van der Waals surface area (Å²) in [6.07, 6.45) is -7.49. The van der Waals surface area contributed by atoms with Gasteiger partial charge >= 0.3 is 19.0 Å². The highest BCUT2D eigenvalue weighted by Crippen LogP contribution is 2.34. The van der Waals surface area contributed by atoms with Crippen LogP contribution in [0.1, 0.15) is 30.4 Å². The number of fused-ring (bicyclic) bond motifs is 1. The Morgan fingerprint density at radius 2 is 1.78 bits per heavy atom. The Bertz CT molecular complexity index is 1790. The first kappa shape index (κ1) is 33.2. The summed E-state index contributed by atoms with van der Waals surface area (Å²) < 4.78 is 125. The lowest BCUT2D eigenvalue weighted by Crippen LogP contribution is -2.29. The van der Waals surface area contributed by atoms with E-state index < -0.39 is 77.0 Å². The van der Waals surface area contributed by atoms with Crippen molar-refractivity contribution in [3.63, 3.8) is 0 Å². The molecule has 1 atom stereocenters. The van der Waals surface area contributed by atoms with E-state index in [1.807, 2.05) is 0 Å². The lowest BCUT2D eigenvalue weighted by atomic mass is 10.1. The zero-order chi connectivity index (χ0) is 33.1. The molecule has 4 N–H and O–H groups in total. The largest absolute Gasteiger partial charge is 0.423 e. The van der Waals surface area contributed by atoms with Gasteiger partial charge in [0.05, 0.1) is 29.4 Å². The molecule has 0 spiro atoms. The van der Waals surface area contributed by atoms with E-state index >= 15 is 0 Å². The van der Waals surface area contributed by atoms with Gasteiger partial charge in [-0.05, 0) is 42.8 Å². The van der Waals surface area contributed by atoms with Crippen LogP contribution >= 0.6 is 0 Å². The number of pyridine rings is 1. The first-order valence-corrected chi connectivity index (χ1v) is 12.9. The van der Waals surface area contributed by atoms with Crippen molar-refractivity contribution in [1.29, 1.82) is 0 Å². The number of rotatable bonds is 11. The Morgan fingerprint density at radius 1 is 1.04 bits per heavy atom. The molecule has 10 nitrogen and oxygen atoms in total. The molecule has 0 fully saturated rings. The summed E-state index contributed by atoms with van der Waals surface area (Å²) in [4.78, 5) is 31.9. The van der Waals surface area contributed by atoms with Crippen molar-refractivity contribution in [1.82, 2.24) is 24.7 Å². The minimum Gasteiger partial charge on any atom is -0.383 e. The van der Waals surface area contributed by atoms with E-state index in [1.54, 1.807) is 5.10 Å². The van der Waals surface area contributed by atoms with Gasteiger partial charge in [-0.1, -0.05) is 0 Å². The second kappa shape index (κ2) is 13.1. The second-order valence-corrected chi connectivity index (χ2v) is 9.61. The SMILES string of the molecule is Nc1nc(-c2cc3ccn(CCC[C@H](CCOC(F)F)Nc4cn[nH]c(=O)c4C(F)(F)F)c(=O)c3cc2F)ncc1C(F)(F)F. The third-order valence-electron chi connectivity index (χ3n) is 6.59. The summed E-state index contributed by atoms with van der Waals surface area (Å²) in [7, 11) is 0. The summed E-state index contributed by atoms with van der Waals surface area (Å²) in [5.74, 6) is -2.38. The number of hydrogen-bond donors (Lipinski definition) is 3. The molecule has 0 saturated carbocycles. The number of nitrogen functional groups attached to an aromatic ring is 1. The highest BCUT2D eigenvalue weighted by molar-refractivity contribution is 5.86. The number of aryl methyl sites for hydroxylation is 1. The highest BCUT2D eigenvalue weighted by atomic mass is 19.4. The van der Waals surface area contributed by atoms with Gasteiger partial charge in [0.15, 0.2) is 5.82 Å². The predicted octanol–water partition coefficient (Wildman–Crippen LogP) is 5.19. The molecule has 1 aromatic carbocycles. The van der Waals surface area contributed by atoms with Gasteiger partial charge in [-0.15, -0.1) is 0 Å². The average molecular weight is 651 g/mol. The standard InChI is InChI=1S/C26H22F9N7O3/c27-17-9-14-12(8-15(17)21-37-10-16(20(36)40-21)25(30,31)32)3-6-42(23(14)44)5-1-2-13(4-7-45-24(28)29)39-18-11-38-41-22(43)19(18)26(33,34)35/h3,6,8-11,13,24H,1-2,4-5,7H2,(H2,36,37,40)(H2,39,41,43)/t13-/m1/s1. The van der Waals surface area contributed by atoms with E-state index in [-0.39, 0.29) is 42.1 Å². The Kier molecular flexibility index (Phi) is 9.69. The topological polar surface area (TPSA) is 141 Å². The van der Waals surface area contributed by atoms with Crippen LogP contribution < -0.4 is 22.2 Å². The summed E-state index contributed by atoms with van der Waals surface area (Å²) in [6.45, 7) is -3.71. The maximum Gasteiger partial charge on any atom is 0.423 e. The molecule has 4 rings (SSSR count). The van der Waals surface area contributed by atoms with Crippen molar-refractivity contribution >= 4 is 22.3 Å². The lowest BCUT2D eigenvalue weighted by molar-refractivity contribution is -0.138. The van der Waals surface area contributed by atoms with Gasteiger partial charge in [-0.3, -0.25) is 9.59 Å². The average Bonchev–Trinajstić information content (AvgIpc) is 2.92. The van der Waals surface area contributed by atoms with Crippen LogP contribution in [0.15, 0.2) is 46.4 Å². The highest BCUT2D eigenvalue weighted by Gasteiger charge is 2.38. The summed E-state index contributed by atoms with van der Waals surface area (Å²) in [5.41, 5.74) is -0.664. The monoisotopic (exact) mass is 651 g/mol. The third kappa shape index (κ3) is 7.89. The van der Waals surface area contributed by atoms with Crippen LogP contribution in [0.3, 0.4) is 0 Å². The molecule has 0 aliphatic carbocycles. The maximum atomic E-state index is 15.0. The number of hydrogen-bond acceptors (Lipinski definition) is 8. The summed E-state index contributed by atoms with van der Waals surface area (Å²) in [6, 6.07) is 2.50. The van der Waals surface area contributed by atoms with Crippen molar-refractivity contribution in [2.45, 2.75) is 50.8 Å². The van der Waals surface area contributed by atoms with E-state index in [0.29, 0.717) is 6.20 Å². The van der Waals surface area contributed by atoms with Crippen molar-refractivity contribution in [2.75, 3.05) is 17.7 Å². The van der Waals surface area contributed by atoms with Crippen LogP contribution in [0.2, 0.25) is 0 Å². The number of aromatic amines is 1. The van der Waals surface area contributed by atoms with Crippen LogP contribution in [0.4, 0.5) is 51.0 Å². The number of nitrogens with two attached hydrogens (primary N) is 1. The number of halogens is 9. The van der Waals surface area contributed by atoms with Gasteiger partial charge in [0, 0.05) is 25.0 Å². The number of H-pyrrole nitrogens is 1. The maximum absolute atomic E-state index is 15.0. The smallest absolute Gasteiger partial charge is 0.383 e. The quantitative estimate of drug-likeness (QED) is 0.188. The van der Waals surface area contributed by atoms with Gasteiger partial charge in [0.1, 0.15) is 22.8 Å². The van der Waals surface area contributed by atoms with Gasteiger partial charge in [-0.2, -0.15) is 40.2 Å². The molecule has 0 aliphatic heterocycles. The first-order chi connectivity index (χ1) is 21.1. The van der Waals surface area contributed by atoms with Gasteiger partial charge in [-0.25, -0.2) is 19.5 Å². The van der Waals surface area contributed by atoms with Crippen LogP contribution in [0.25, 0.3) is 22.2 Å². The fraction of sp³-hybridized carbons (Fsp3) is 0.346. The van der Waals surface area contributed by atoms with Gasteiger partial charge in [0.2, 0.25) is 0 Å². The normalized spacial score (nSPS) is 13.0. The number of nitrogens with zero attached hydrogens (tertiary/aromatic N) is 4. The van der Waals surface area contributed by atoms with E-state index in [4.69, 9.17) is 5.73 Å². The van der Waals surface area contributed by atoms with Crippen LogP contribution in [-0.2, 0) is 23.6 Å². The fourth-order valence-corrected chi connectivity index (χ4v) is 4.50. The zero-order valence-corrected chi connectivity index (χ0v) is 22.6. The van der Waals surface area contributed by atoms with Crippen LogP contribution in [0, 0.1) is 5.82 Å². The summed E-state index contributed by atoms with van der Waals surface area (Å²) in [5, 5.41) is 7.62. The number of anilines is 2. The fourth-order valence-electron chi connectivity index (χ4n) is 4.50. The van der Waals surface area contributed by atoms with Crippen molar-refractivity contribution in [3.8, 4) is 11.4 Å². The first-order valence-electron chi connectivity index (χ1n) is 12.9. The molecular weight excluding hydrogens is 629 g/mol. The molecular formula is C26H22F9N7O3. The van der Waals surface area contributed by atoms with E-state index in [1.165, 1.54) is 16.8 Å². The predicted molar refractivity (Wildman–Crippen MR) is 142 cm³/mol. The van der Waals surface area contributed by atoms with E-state index in [2.05, 4.69) is 25.1 Å². The molecule has 0 unspecified atom stereocenters. The molecule has 4 aromatic rings. The van der Waals surface area contributed by atoms with Crippen molar-refractivity contribution in [3.05, 3.63) is 74.4 Å². The molecule has 3 heterocycles. The Morgan fingerprint density at radius 3 is 2.42 bits per heavy atom. The number of aromatic nitrogens is 5. The lowest BCUT2D eigenvalue weighted by Gasteiger charge is -2.22. The molecule has 0 saturated heterocycles. The van der Waals surface area contributed by atoms with Crippen molar-refractivity contribution < 1.29 is 44.3 Å². The summed E-state index contributed by atoms with van der Waals surface area (Å²) >= 11 is 0. The molecule has 242 valence electrons. The Balaban J connectivity index is 1.54. The zero-order valence-electron chi connectivity index (χ0n) is 22.6.